The van der Waals surface area contributed by atoms with Gasteiger partial charge in [-0.05, 0) is 37.1 Å². The van der Waals surface area contributed by atoms with Crippen molar-refractivity contribution in [1.82, 2.24) is 15.3 Å². The van der Waals surface area contributed by atoms with E-state index in [2.05, 4.69) is 20.6 Å². The Morgan fingerprint density at radius 2 is 1.93 bits per heavy atom. The normalized spacial score (nSPS) is 15.5. The summed E-state index contributed by atoms with van der Waals surface area (Å²) in [4.78, 5) is 22.1. The zero-order chi connectivity index (χ0) is 19.4. The summed E-state index contributed by atoms with van der Waals surface area (Å²) in [6.45, 7) is 1.30. The number of alkyl halides is 3. The molecule has 1 fully saturated rings. The number of amides is 1. The molecule has 144 valence electrons. The number of aromatic nitrogens is 2. The molecule has 0 unspecified atom stereocenters. The van der Waals surface area contributed by atoms with Gasteiger partial charge in [0.25, 0.3) is 5.91 Å². The Hall–Kier alpha value is -2.84. The minimum atomic E-state index is -4.38. The van der Waals surface area contributed by atoms with Crippen LogP contribution in [0.15, 0.2) is 36.7 Å². The summed E-state index contributed by atoms with van der Waals surface area (Å²) < 4.78 is 37.9. The number of hydrogen-bond donors (Lipinski definition) is 2. The summed E-state index contributed by atoms with van der Waals surface area (Å²) in [5.74, 6) is 0.852. The van der Waals surface area contributed by atoms with Crippen LogP contribution in [0, 0.1) is 0 Å². The van der Waals surface area contributed by atoms with Gasteiger partial charge in [0, 0.05) is 38.6 Å². The van der Waals surface area contributed by atoms with Crippen LogP contribution in [0.2, 0.25) is 0 Å². The molecule has 3 heterocycles. The third-order valence-corrected chi connectivity index (χ3v) is 4.51. The van der Waals surface area contributed by atoms with Crippen LogP contribution in [0.3, 0.4) is 0 Å². The van der Waals surface area contributed by atoms with Crippen LogP contribution in [0.4, 0.5) is 24.8 Å². The SMILES string of the molecule is CNC(=O)c1cccnc1NC1CCN(c2ccc(C(F)(F)F)cn2)CC1. The Bertz CT molecular complexity index is 786. The van der Waals surface area contributed by atoms with E-state index < -0.39 is 11.7 Å². The van der Waals surface area contributed by atoms with Crippen molar-refractivity contribution in [3.63, 3.8) is 0 Å². The van der Waals surface area contributed by atoms with Crippen LogP contribution in [-0.4, -0.2) is 42.1 Å². The summed E-state index contributed by atoms with van der Waals surface area (Å²) in [6, 6.07) is 5.98. The summed E-state index contributed by atoms with van der Waals surface area (Å²) in [7, 11) is 1.56. The molecule has 2 aromatic heterocycles. The lowest BCUT2D eigenvalue weighted by Gasteiger charge is -2.33. The van der Waals surface area contributed by atoms with Gasteiger partial charge in [-0.1, -0.05) is 0 Å². The van der Waals surface area contributed by atoms with Gasteiger partial charge in [-0.25, -0.2) is 9.97 Å². The van der Waals surface area contributed by atoms with Crippen LogP contribution in [0.25, 0.3) is 0 Å². The molecule has 27 heavy (non-hydrogen) atoms. The molecule has 0 bridgehead atoms. The molecule has 0 atom stereocenters. The molecule has 2 N–H and O–H groups in total. The summed E-state index contributed by atoms with van der Waals surface area (Å²) in [5.41, 5.74) is -0.272. The van der Waals surface area contributed by atoms with Crippen LogP contribution in [-0.2, 0) is 6.18 Å². The van der Waals surface area contributed by atoms with Crippen molar-refractivity contribution in [2.75, 3.05) is 30.4 Å². The van der Waals surface area contributed by atoms with E-state index in [4.69, 9.17) is 0 Å². The minimum absolute atomic E-state index is 0.119. The second kappa shape index (κ2) is 7.81. The van der Waals surface area contributed by atoms with Crippen molar-refractivity contribution in [1.29, 1.82) is 0 Å². The van der Waals surface area contributed by atoms with Gasteiger partial charge in [0.1, 0.15) is 11.6 Å². The fraction of sp³-hybridized carbons (Fsp3) is 0.389. The first-order chi connectivity index (χ1) is 12.9. The number of piperidine rings is 1. The third kappa shape index (κ3) is 4.47. The maximum absolute atomic E-state index is 12.6. The number of nitrogens with zero attached hydrogens (tertiary/aromatic N) is 3. The van der Waals surface area contributed by atoms with Crippen molar-refractivity contribution in [2.24, 2.45) is 0 Å². The van der Waals surface area contributed by atoms with Gasteiger partial charge in [-0.2, -0.15) is 13.2 Å². The number of carbonyl (C=O) groups is 1. The first kappa shape index (κ1) is 18.9. The second-order valence-corrected chi connectivity index (χ2v) is 6.29. The van der Waals surface area contributed by atoms with Crippen molar-refractivity contribution in [3.05, 3.63) is 47.8 Å². The first-order valence-corrected chi connectivity index (χ1v) is 8.60. The van der Waals surface area contributed by atoms with Crippen molar-refractivity contribution >= 4 is 17.5 Å². The lowest BCUT2D eigenvalue weighted by molar-refractivity contribution is -0.137. The van der Waals surface area contributed by atoms with Crippen LogP contribution >= 0.6 is 0 Å². The lowest BCUT2D eigenvalue weighted by Crippen LogP contribution is -2.40. The first-order valence-electron chi connectivity index (χ1n) is 8.60. The van der Waals surface area contributed by atoms with Crippen LogP contribution in [0.5, 0.6) is 0 Å². The molecular weight excluding hydrogens is 359 g/mol. The Kier molecular flexibility index (Phi) is 5.48. The highest BCUT2D eigenvalue weighted by Gasteiger charge is 2.31. The average Bonchev–Trinajstić information content (AvgIpc) is 2.68. The number of anilines is 2. The van der Waals surface area contributed by atoms with Gasteiger partial charge in [0.15, 0.2) is 0 Å². The number of hydrogen-bond acceptors (Lipinski definition) is 5. The summed E-state index contributed by atoms with van der Waals surface area (Å²) >= 11 is 0. The number of nitrogens with one attached hydrogen (secondary N) is 2. The van der Waals surface area contributed by atoms with Gasteiger partial charge in [-0.15, -0.1) is 0 Å². The Morgan fingerprint density at radius 1 is 1.19 bits per heavy atom. The summed E-state index contributed by atoms with van der Waals surface area (Å²) in [5, 5.41) is 5.88. The van der Waals surface area contributed by atoms with E-state index >= 15 is 0 Å². The lowest BCUT2D eigenvalue weighted by atomic mass is 10.0. The largest absolute Gasteiger partial charge is 0.417 e. The number of halogens is 3. The zero-order valence-corrected chi connectivity index (χ0v) is 14.8. The Labute approximate surface area is 154 Å². The van der Waals surface area contributed by atoms with Crippen LogP contribution < -0.4 is 15.5 Å². The Balaban J connectivity index is 1.61. The molecule has 1 saturated heterocycles. The van der Waals surface area contributed by atoms with Gasteiger partial charge in [-0.3, -0.25) is 4.79 Å². The van der Waals surface area contributed by atoms with E-state index in [0.29, 0.717) is 30.3 Å². The molecule has 1 aliphatic heterocycles. The molecule has 0 aliphatic carbocycles. The molecule has 0 aromatic carbocycles. The highest BCUT2D eigenvalue weighted by molar-refractivity contribution is 5.98. The molecule has 0 radical (unpaired) electrons. The second-order valence-electron chi connectivity index (χ2n) is 6.29. The number of pyridine rings is 2. The molecule has 3 rings (SSSR count). The number of carbonyl (C=O) groups excluding carboxylic acids is 1. The third-order valence-electron chi connectivity index (χ3n) is 4.51. The molecule has 1 aliphatic rings. The molecule has 0 saturated carbocycles. The van der Waals surface area contributed by atoms with E-state index in [0.717, 1.165) is 25.1 Å². The quantitative estimate of drug-likeness (QED) is 0.855. The highest BCUT2D eigenvalue weighted by atomic mass is 19.4. The minimum Gasteiger partial charge on any atom is -0.367 e. The molecule has 9 heteroatoms. The molecule has 1 amide bonds. The zero-order valence-electron chi connectivity index (χ0n) is 14.8. The smallest absolute Gasteiger partial charge is 0.367 e. The molecule has 0 spiro atoms. The monoisotopic (exact) mass is 379 g/mol. The predicted octanol–water partition coefficient (Wildman–Crippen LogP) is 2.94. The molecule has 6 nitrogen and oxygen atoms in total. The predicted molar refractivity (Wildman–Crippen MR) is 95.7 cm³/mol. The van der Waals surface area contributed by atoms with Crippen LogP contribution in [0.1, 0.15) is 28.8 Å². The highest BCUT2D eigenvalue weighted by Crippen LogP contribution is 2.30. The summed E-state index contributed by atoms with van der Waals surface area (Å²) in [6.07, 6.45) is -0.383. The fourth-order valence-corrected chi connectivity index (χ4v) is 3.03. The average molecular weight is 379 g/mol. The van der Waals surface area contributed by atoms with Crippen molar-refractivity contribution in [3.8, 4) is 0 Å². The van der Waals surface area contributed by atoms with Gasteiger partial charge < -0.3 is 15.5 Å². The van der Waals surface area contributed by atoms with Gasteiger partial charge >= 0.3 is 6.18 Å². The maximum atomic E-state index is 12.6. The topological polar surface area (TPSA) is 70.2 Å². The number of rotatable bonds is 4. The maximum Gasteiger partial charge on any atom is 0.417 e. The van der Waals surface area contributed by atoms with E-state index in [9.17, 15) is 18.0 Å². The fourth-order valence-electron chi connectivity index (χ4n) is 3.03. The standard InChI is InChI=1S/C18H20F3N5O/c1-22-17(27)14-3-2-8-23-16(14)25-13-6-9-26(10-7-13)15-5-4-12(11-24-15)18(19,20)21/h2-5,8,11,13H,6-7,9-10H2,1H3,(H,22,27)(H,23,25). The van der Waals surface area contributed by atoms with Crippen molar-refractivity contribution in [2.45, 2.75) is 25.1 Å². The molecule has 2 aromatic rings. The van der Waals surface area contributed by atoms with E-state index in [1.54, 1.807) is 25.4 Å². The van der Waals surface area contributed by atoms with Crippen molar-refractivity contribution < 1.29 is 18.0 Å². The van der Waals surface area contributed by atoms with E-state index in [-0.39, 0.29) is 11.9 Å². The Morgan fingerprint density at radius 3 is 2.52 bits per heavy atom. The van der Waals surface area contributed by atoms with Gasteiger partial charge in [0.05, 0.1) is 11.1 Å². The molecular formula is C18H20F3N5O. The van der Waals surface area contributed by atoms with E-state index in [1.807, 2.05) is 4.90 Å². The van der Waals surface area contributed by atoms with Gasteiger partial charge in [0.2, 0.25) is 0 Å². The van der Waals surface area contributed by atoms with E-state index in [1.165, 1.54) is 6.07 Å².